The minimum Gasteiger partial charge on any atom is -0.251 e. The Morgan fingerprint density at radius 2 is 2.56 bits per heavy atom. The molecular weight excluding hydrogens is 121 g/mol. The summed E-state index contributed by atoms with van der Waals surface area (Å²) < 4.78 is 11.6. The van der Waals surface area contributed by atoms with Crippen LogP contribution in [0.5, 0.6) is 0 Å². The van der Waals surface area contributed by atoms with Crippen LogP contribution in [0.15, 0.2) is 6.20 Å². The molecule has 0 bridgehead atoms. The van der Waals surface area contributed by atoms with Crippen LogP contribution in [0.2, 0.25) is 0 Å². The zero-order chi connectivity index (χ0) is 6.69. The van der Waals surface area contributed by atoms with Crippen LogP contribution in [0.4, 0.5) is 4.39 Å². The maximum absolute atomic E-state index is 11.6. The average molecular weight is 129 g/mol. The molecule has 0 radical (unpaired) electrons. The van der Waals surface area contributed by atoms with Crippen molar-refractivity contribution in [3.05, 3.63) is 11.9 Å². The van der Waals surface area contributed by atoms with Crippen molar-refractivity contribution >= 4 is 0 Å². The van der Waals surface area contributed by atoms with E-state index in [2.05, 4.69) is 10.2 Å². The maximum Gasteiger partial charge on any atom is 0.0951 e. The van der Waals surface area contributed by atoms with Gasteiger partial charge in [0.2, 0.25) is 0 Å². The van der Waals surface area contributed by atoms with Gasteiger partial charge in [0.05, 0.1) is 18.6 Å². The van der Waals surface area contributed by atoms with Crippen LogP contribution in [0, 0.1) is 0 Å². The Hall–Kier alpha value is -0.930. The lowest BCUT2D eigenvalue weighted by Gasteiger charge is -1.83. The zero-order valence-electron chi connectivity index (χ0n) is 5.21. The van der Waals surface area contributed by atoms with E-state index in [0.717, 1.165) is 0 Å². The molecule has 0 aliphatic heterocycles. The van der Waals surface area contributed by atoms with Crippen molar-refractivity contribution in [1.82, 2.24) is 15.0 Å². The first kappa shape index (κ1) is 6.19. The molecule has 0 amide bonds. The first-order valence-electron chi connectivity index (χ1n) is 2.74. The molecule has 0 aliphatic carbocycles. The van der Waals surface area contributed by atoms with E-state index in [0.29, 0.717) is 12.1 Å². The quantitative estimate of drug-likeness (QED) is 0.576. The highest BCUT2D eigenvalue weighted by Crippen LogP contribution is 1.91. The van der Waals surface area contributed by atoms with Gasteiger partial charge in [0, 0.05) is 13.5 Å². The van der Waals surface area contributed by atoms with Gasteiger partial charge in [-0.3, -0.25) is 4.39 Å². The second-order valence-corrected chi connectivity index (χ2v) is 1.76. The number of nitrogens with zero attached hydrogens (tertiary/aromatic N) is 3. The Morgan fingerprint density at radius 3 is 3.00 bits per heavy atom. The van der Waals surface area contributed by atoms with Gasteiger partial charge in [0.25, 0.3) is 0 Å². The van der Waals surface area contributed by atoms with Crippen LogP contribution in [-0.4, -0.2) is 21.7 Å². The number of alkyl halides is 1. The highest BCUT2D eigenvalue weighted by molar-refractivity contribution is 4.90. The van der Waals surface area contributed by atoms with E-state index < -0.39 is 0 Å². The smallest absolute Gasteiger partial charge is 0.0951 e. The summed E-state index contributed by atoms with van der Waals surface area (Å²) in [6, 6.07) is 0. The van der Waals surface area contributed by atoms with Crippen LogP contribution < -0.4 is 0 Å². The summed E-state index contributed by atoms with van der Waals surface area (Å²) in [5.74, 6) is 0. The molecule has 1 heterocycles. The first-order chi connectivity index (χ1) is 4.33. The Bertz CT molecular complexity index is 184. The van der Waals surface area contributed by atoms with Crippen LogP contribution in [0.3, 0.4) is 0 Å². The van der Waals surface area contributed by atoms with Crippen molar-refractivity contribution < 1.29 is 4.39 Å². The summed E-state index contributed by atoms with van der Waals surface area (Å²) in [5.41, 5.74) is 0.708. The fourth-order valence-electron chi connectivity index (χ4n) is 0.599. The normalized spacial score (nSPS) is 10.0. The molecule has 4 heteroatoms. The number of rotatable bonds is 2. The SMILES string of the molecule is Cn1ncc(CCF)n1. The van der Waals surface area contributed by atoms with E-state index in [4.69, 9.17) is 0 Å². The topological polar surface area (TPSA) is 30.7 Å². The van der Waals surface area contributed by atoms with Crippen LogP contribution >= 0.6 is 0 Å². The summed E-state index contributed by atoms with van der Waals surface area (Å²) >= 11 is 0. The second kappa shape index (κ2) is 2.57. The number of aromatic nitrogens is 3. The predicted octanol–water partition coefficient (Wildman–Crippen LogP) is 0.327. The van der Waals surface area contributed by atoms with Crippen molar-refractivity contribution in [3.63, 3.8) is 0 Å². The summed E-state index contributed by atoms with van der Waals surface area (Å²) in [6.07, 6.45) is 1.94. The van der Waals surface area contributed by atoms with Crippen molar-refractivity contribution in [2.45, 2.75) is 6.42 Å². The molecule has 1 aromatic rings. The molecule has 0 aliphatic rings. The van der Waals surface area contributed by atoms with Crippen LogP contribution in [0.25, 0.3) is 0 Å². The summed E-state index contributed by atoms with van der Waals surface area (Å²) in [6.45, 7) is -0.362. The third-order valence-electron chi connectivity index (χ3n) is 0.998. The fourth-order valence-corrected chi connectivity index (χ4v) is 0.599. The molecule has 0 spiro atoms. The van der Waals surface area contributed by atoms with Crippen molar-refractivity contribution in [3.8, 4) is 0 Å². The molecular formula is C5H8FN3. The molecule has 9 heavy (non-hydrogen) atoms. The monoisotopic (exact) mass is 129 g/mol. The molecule has 3 nitrogen and oxygen atoms in total. The lowest BCUT2D eigenvalue weighted by atomic mass is 10.4. The summed E-state index contributed by atoms with van der Waals surface area (Å²) in [4.78, 5) is 1.42. The highest BCUT2D eigenvalue weighted by Gasteiger charge is 1.94. The van der Waals surface area contributed by atoms with E-state index in [9.17, 15) is 4.39 Å². The molecule has 0 saturated heterocycles. The molecule has 0 aromatic carbocycles. The van der Waals surface area contributed by atoms with Gasteiger partial charge in [-0.1, -0.05) is 0 Å². The number of aryl methyl sites for hydroxylation is 2. The molecule has 0 atom stereocenters. The van der Waals surface area contributed by atoms with Gasteiger partial charge < -0.3 is 0 Å². The second-order valence-electron chi connectivity index (χ2n) is 1.76. The lowest BCUT2D eigenvalue weighted by Crippen LogP contribution is -1.93. The van der Waals surface area contributed by atoms with E-state index in [1.165, 1.54) is 4.80 Å². The fraction of sp³-hybridized carbons (Fsp3) is 0.600. The van der Waals surface area contributed by atoms with Crippen molar-refractivity contribution in [1.29, 1.82) is 0 Å². The first-order valence-corrected chi connectivity index (χ1v) is 2.74. The number of hydrogen-bond donors (Lipinski definition) is 0. The van der Waals surface area contributed by atoms with Gasteiger partial charge in [0.15, 0.2) is 0 Å². The standard InChI is InChI=1S/C5H8FN3/c1-9-7-4-5(8-9)2-3-6/h4H,2-3H2,1H3. The zero-order valence-corrected chi connectivity index (χ0v) is 5.21. The van der Waals surface area contributed by atoms with Gasteiger partial charge in [-0.2, -0.15) is 15.0 Å². The van der Waals surface area contributed by atoms with E-state index in [1.54, 1.807) is 13.2 Å². The highest BCUT2D eigenvalue weighted by atomic mass is 19.1. The predicted molar refractivity (Wildman–Crippen MR) is 30.7 cm³/mol. The minimum absolute atomic E-state index is 0.362. The van der Waals surface area contributed by atoms with Crippen LogP contribution in [0.1, 0.15) is 5.69 Å². The summed E-state index contributed by atoms with van der Waals surface area (Å²) in [5, 5.41) is 7.64. The van der Waals surface area contributed by atoms with Gasteiger partial charge in [-0.25, -0.2) is 0 Å². The minimum atomic E-state index is -0.362. The Kier molecular flexibility index (Phi) is 1.77. The Morgan fingerprint density at radius 1 is 1.78 bits per heavy atom. The largest absolute Gasteiger partial charge is 0.251 e. The van der Waals surface area contributed by atoms with Gasteiger partial charge >= 0.3 is 0 Å². The Balaban J connectivity index is 2.61. The van der Waals surface area contributed by atoms with E-state index >= 15 is 0 Å². The number of halogens is 1. The molecule has 0 saturated carbocycles. The maximum atomic E-state index is 11.6. The average Bonchev–Trinajstić information content (AvgIpc) is 2.17. The van der Waals surface area contributed by atoms with Crippen LogP contribution in [-0.2, 0) is 13.5 Å². The molecule has 1 rings (SSSR count). The molecule has 1 aromatic heterocycles. The van der Waals surface area contributed by atoms with E-state index in [-0.39, 0.29) is 6.67 Å². The van der Waals surface area contributed by atoms with Gasteiger partial charge in [0.1, 0.15) is 0 Å². The van der Waals surface area contributed by atoms with Crippen molar-refractivity contribution in [2.75, 3.05) is 6.67 Å². The molecule has 0 fully saturated rings. The summed E-state index contributed by atoms with van der Waals surface area (Å²) in [7, 11) is 1.71. The molecule has 50 valence electrons. The molecule has 0 N–H and O–H groups in total. The Labute approximate surface area is 52.5 Å². The third kappa shape index (κ3) is 1.48. The van der Waals surface area contributed by atoms with E-state index in [1.807, 2.05) is 0 Å². The van der Waals surface area contributed by atoms with Gasteiger partial charge in [-0.05, 0) is 0 Å². The third-order valence-corrected chi connectivity index (χ3v) is 0.998. The van der Waals surface area contributed by atoms with Crippen molar-refractivity contribution in [2.24, 2.45) is 7.05 Å². The lowest BCUT2D eigenvalue weighted by molar-refractivity contribution is 0.489. The number of hydrogen-bond acceptors (Lipinski definition) is 2. The van der Waals surface area contributed by atoms with Gasteiger partial charge in [-0.15, -0.1) is 0 Å². The molecule has 0 unspecified atom stereocenters.